The number of phenolic OH excluding ortho intramolecular Hbond substituents is 1. The molecule has 0 amide bonds. The Kier molecular flexibility index (Phi) is 11.5. The van der Waals surface area contributed by atoms with E-state index in [9.17, 15) is 31.0 Å². The molecule has 37 heavy (non-hydrogen) atoms. The fourth-order valence-corrected chi connectivity index (χ4v) is 4.34. The van der Waals surface area contributed by atoms with E-state index in [1.54, 1.807) is 0 Å². The summed E-state index contributed by atoms with van der Waals surface area (Å²) in [6, 6.07) is 5.05. The monoisotopic (exact) mass is 569 g/mol. The van der Waals surface area contributed by atoms with Crippen molar-refractivity contribution in [2.75, 3.05) is 27.0 Å². The van der Waals surface area contributed by atoms with Crippen LogP contribution in [0.15, 0.2) is 60.6 Å². The number of phenols is 1. The molecule has 3 rings (SSSR count). The van der Waals surface area contributed by atoms with Crippen LogP contribution in [-0.2, 0) is 20.2 Å². The number of hydrogen-bond donors (Lipinski definition) is 2. The van der Waals surface area contributed by atoms with E-state index in [2.05, 4.69) is 20.5 Å². The molecule has 0 saturated carbocycles. The third-order valence-electron chi connectivity index (χ3n) is 4.66. The van der Waals surface area contributed by atoms with Gasteiger partial charge in [-0.1, -0.05) is 0 Å². The number of nitrogens with zero attached hydrogens (tertiary/aromatic N) is 4. The molecule has 0 unspecified atom stereocenters. The van der Waals surface area contributed by atoms with Crippen LogP contribution in [0.4, 0.5) is 22.7 Å². The van der Waals surface area contributed by atoms with E-state index in [0.717, 1.165) is 18.2 Å². The smallest absolute Gasteiger partial charge is 0.744 e. The Morgan fingerprint density at radius 2 is 1.38 bits per heavy atom. The number of aromatic hydroxyl groups is 1. The molecule has 0 aliphatic heterocycles. The van der Waals surface area contributed by atoms with Crippen molar-refractivity contribution in [1.29, 1.82) is 0 Å². The first-order chi connectivity index (χ1) is 16.3. The third kappa shape index (κ3) is 7.17. The number of rotatable bonds is 7. The molecule has 0 saturated heterocycles. The van der Waals surface area contributed by atoms with Gasteiger partial charge in [-0.3, -0.25) is 0 Å². The quantitative estimate of drug-likeness (QED) is 0.127. The molecule has 0 radical (unpaired) electrons. The average molecular weight is 569 g/mol. The Bertz CT molecular complexity index is 1610. The topological polar surface area (TPSA) is 229 Å². The third-order valence-corrected chi connectivity index (χ3v) is 6.32. The Hall–Kier alpha value is -1.86. The van der Waals surface area contributed by atoms with Gasteiger partial charge in [0.1, 0.15) is 48.8 Å². The Labute approximate surface area is 256 Å². The van der Waals surface area contributed by atoms with Gasteiger partial charge in [-0.25, -0.2) is 16.8 Å². The number of benzene rings is 3. The number of nitrogens with two attached hydrogens (primary N) is 1. The van der Waals surface area contributed by atoms with Gasteiger partial charge in [0.05, 0.1) is 24.0 Å². The van der Waals surface area contributed by atoms with Gasteiger partial charge in [-0.05, 0) is 23.6 Å². The SMILES string of the molecule is CN=Nc1cc(OC)c(N=Nc2c(S(=O)(=O)[O-])cc3cc(S(=O)(=O)[O-])cc(N)c3c2O)cc1OC.[Na+].[Na+]. The second-order valence-electron chi connectivity index (χ2n) is 6.79. The maximum absolute atomic E-state index is 11.9. The van der Waals surface area contributed by atoms with E-state index in [0.29, 0.717) is 5.69 Å². The van der Waals surface area contributed by atoms with Gasteiger partial charge in [0, 0.05) is 30.3 Å². The van der Waals surface area contributed by atoms with Crippen LogP contribution in [0.2, 0.25) is 0 Å². The van der Waals surface area contributed by atoms with E-state index in [1.807, 2.05) is 0 Å². The van der Waals surface area contributed by atoms with Crippen LogP contribution >= 0.6 is 0 Å². The van der Waals surface area contributed by atoms with Crippen LogP contribution in [0.5, 0.6) is 17.2 Å². The zero-order valence-corrected chi connectivity index (χ0v) is 25.9. The fraction of sp³-hybridized carbons (Fsp3) is 0.158. The zero-order chi connectivity index (χ0) is 26.1. The van der Waals surface area contributed by atoms with Gasteiger partial charge >= 0.3 is 59.1 Å². The molecule has 0 aromatic heterocycles. The van der Waals surface area contributed by atoms with Crippen LogP contribution in [0.1, 0.15) is 0 Å². The molecular weight excluding hydrogens is 552 g/mol. The summed E-state index contributed by atoms with van der Waals surface area (Å²) in [4.78, 5) is -1.82. The van der Waals surface area contributed by atoms with E-state index in [1.165, 1.54) is 33.4 Å². The van der Waals surface area contributed by atoms with Gasteiger partial charge < -0.3 is 29.4 Å². The Balaban J connectivity index is 0.00000342. The molecule has 0 aliphatic rings. The minimum Gasteiger partial charge on any atom is -0.744 e. The van der Waals surface area contributed by atoms with Crippen LogP contribution < -0.4 is 74.3 Å². The van der Waals surface area contributed by atoms with Crippen molar-refractivity contribution in [2.45, 2.75) is 9.79 Å². The van der Waals surface area contributed by atoms with Crippen molar-refractivity contribution < 1.29 is 99.6 Å². The molecule has 18 heteroatoms. The van der Waals surface area contributed by atoms with Gasteiger partial charge in [-0.2, -0.15) is 10.2 Å². The summed E-state index contributed by atoms with van der Waals surface area (Å²) in [6.07, 6.45) is 0. The molecule has 0 aliphatic carbocycles. The summed E-state index contributed by atoms with van der Waals surface area (Å²) in [6.45, 7) is 0. The summed E-state index contributed by atoms with van der Waals surface area (Å²) in [5.41, 5.74) is 4.95. The number of hydrogen-bond acceptors (Lipinski definition) is 14. The standard InChI is InChI=1S/C19H19N5O9S2.2Na/c1-21-22-12-7-15(33-3)13(8-14(12)32-2)23-24-18-16(35(29,30)31)5-9-4-10(34(26,27)28)6-11(20)17(9)19(18)25;;/h4-8,25H,20H2,1-3H3,(H,26,27,28)(H,29,30,31);;/q;2*+1/p-2. The summed E-state index contributed by atoms with van der Waals surface area (Å²) in [7, 11) is -6.14. The predicted molar refractivity (Wildman–Crippen MR) is 120 cm³/mol. The van der Waals surface area contributed by atoms with Crippen molar-refractivity contribution in [1.82, 2.24) is 0 Å². The number of methoxy groups -OCH3 is 2. The molecule has 14 nitrogen and oxygen atoms in total. The van der Waals surface area contributed by atoms with Crippen molar-refractivity contribution in [3.05, 3.63) is 30.3 Å². The first kappa shape index (κ1) is 33.2. The summed E-state index contributed by atoms with van der Waals surface area (Å²) in [5, 5.41) is 25.4. The van der Waals surface area contributed by atoms with E-state index < -0.39 is 41.5 Å². The fourth-order valence-electron chi connectivity index (χ4n) is 3.16. The molecule has 0 heterocycles. The van der Waals surface area contributed by atoms with E-state index in [4.69, 9.17) is 15.2 Å². The van der Waals surface area contributed by atoms with Crippen LogP contribution in [0, 0.1) is 0 Å². The van der Waals surface area contributed by atoms with Crippen LogP contribution in [0.25, 0.3) is 10.8 Å². The molecule has 0 fully saturated rings. The Morgan fingerprint density at radius 3 is 1.84 bits per heavy atom. The second kappa shape index (κ2) is 12.8. The maximum atomic E-state index is 11.9. The zero-order valence-electron chi connectivity index (χ0n) is 20.3. The number of fused-ring (bicyclic) bond motifs is 1. The first-order valence-corrected chi connectivity index (χ1v) is 12.1. The normalized spacial score (nSPS) is 11.9. The molecule has 0 spiro atoms. The molecule has 186 valence electrons. The number of azo groups is 2. The van der Waals surface area contributed by atoms with Crippen molar-refractivity contribution in [3.8, 4) is 17.2 Å². The van der Waals surface area contributed by atoms with Crippen molar-refractivity contribution in [3.63, 3.8) is 0 Å². The molecule has 3 N–H and O–H groups in total. The van der Waals surface area contributed by atoms with E-state index in [-0.39, 0.29) is 92.8 Å². The number of ether oxygens (including phenoxy) is 2. The minimum atomic E-state index is -5.27. The maximum Gasteiger partial charge on any atom is 1.00 e. The van der Waals surface area contributed by atoms with Crippen molar-refractivity contribution in [2.24, 2.45) is 20.5 Å². The molecule has 0 atom stereocenters. The summed E-state index contributed by atoms with van der Waals surface area (Å²) >= 11 is 0. The van der Waals surface area contributed by atoms with Gasteiger partial charge in [0.15, 0.2) is 5.75 Å². The minimum absolute atomic E-state index is 0. The predicted octanol–water partition coefficient (Wildman–Crippen LogP) is -2.91. The van der Waals surface area contributed by atoms with Gasteiger partial charge in [0.25, 0.3) is 0 Å². The van der Waals surface area contributed by atoms with E-state index >= 15 is 0 Å². The van der Waals surface area contributed by atoms with Crippen LogP contribution in [0.3, 0.4) is 0 Å². The summed E-state index contributed by atoms with van der Waals surface area (Å²) < 4.78 is 80.3. The summed E-state index contributed by atoms with van der Waals surface area (Å²) in [5.74, 6) is -0.552. The first-order valence-electron chi connectivity index (χ1n) is 9.30. The Morgan fingerprint density at radius 1 is 0.838 bits per heavy atom. The average Bonchev–Trinajstić information content (AvgIpc) is 2.77. The van der Waals surface area contributed by atoms with Crippen molar-refractivity contribution >= 4 is 53.8 Å². The number of nitrogen functional groups attached to an aromatic ring is 1. The number of anilines is 1. The van der Waals surface area contributed by atoms with Crippen LogP contribution in [-0.4, -0.2) is 52.3 Å². The molecular formula is C19H17N5Na2O9S2. The molecule has 3 aromatic carbocycles. The largest absolute Gasteiger partial charge is 1.00 e. The molecule has 3 aromatic rings. The van der Waals surface area contributed by atoms with Gasteiger partial charge in [0.2, 0.25) is 0 Å². The molecule has 0 bridgehead atoms. The van der Waals surface area contributed by atoms with Gasteiger partial charge in [-0.15, -0.1) is 10.2 Å². The second-order valence-corrected chi connectivity index (χ2v) is 9.51.